The Kier molecular flexibility index (Phi) is 5.60. The number of fused-ring (bicyclic) bond motifs is 1. The minimum Gasteiger partial charge on any atom is -0.339 e. The number of carbonyl (C=O) groups is 1. The third-order valence-electron chi connectivity index (χ3n) is 4.03. The Bertz CT molecular complexity index is 444. The quantitative estimate of drug-likeness (QED) is 0.865. The second-order valence-electron chi connectivity index (χ2n) is 5.65. The van der Waals surface area contributed by atoms with Gasteiger partial charge in [0, 0.05) is 24.7 Å². The number of nitrogens with one attached hydrogen (secondary N) is 1. The molecule has 0 saturated heterocycles. The zero-order valence-electron chi connectivity index (χ0n) is 12.7. The summed E-state index contributed by atoms with van der Waals surface area (Å²) in [6, 6.07) is 8.59. The van der Waals surface area contributed by atoms with Crippen molar-refractivity contribution < 1.29 is 4.79 Å². The molecule has 20 heavy (non-hydrogen) atoms. The number of benzene rings is 1. The predicted molar refractivity (Wildman–Crippen MR) is 83.0 cm³/mol. The number of amides is 1. The van der Waals surface area contributed by atoms with Gasteiger partial charge in [0.1, 0.15) is 0 Å². The topological polar surface area (TPSA) is 32.3 Å². The summed E-state index contributed by atoms with van der Waals surface area (Å²) < 4.78 is 0. The van der Waals surface area contributed by atoms with Crippen molar-refractivity contribution in [2.24, 2.45) is 0 Å². The van der Waals surface area contributed by atoms with Crippen LogP contribution in [-0.2, 0) is 6.42 Å². The third-order valence-corrected chi connectivity index (χ3v) is 4.03. The Balaban J connectivity index is 1.91. The van der Waals surface area contributed by atoms with Crippen LogP contribution in [0.4, 0.5) is 0 Å². The average Bonchev–Trinajstić information content (AvgIpc) is 2.60. The molecule has 110 valence electrons. The monoisotopic (exact) mass is 274 g/mol. The molecule has 1 atom stereocenters. The first kappa shape index (κ1) is 15.0. The van der Waals surface area contributed by atoms with Crippen LogP contribution in [-0.4, -0.2) is 36.5 Å². The van der Waals surface area contributed by atoms with Crippen molar-refractivity contribution in [2.75, 3.05) is 19.6 Å². The standard InChI is InChI=1S/C17H26N2O/c1-3-18-14(2)8-6-12-19-13-7-10-15-9-4-5-11-16(15)17(19)20/h4-5,9,11,14,18H,3,6-8,10,12-13H2,1-2H3. The Labute approximate surface area is 122 Å². The molecule has 1 aliphatic heterocycles. The molecule has 0 saturated carbocycles. The molecule has 1 aromatic rings. The first-order chi connectivity index (χ1) is 9.72. The summed E-state index contributed by atoms with van der Waals surface area (Å²) in [5.41, 5.74) is 2.12. The lowest BCUT2D eigenvalue weighted by molar-refractivity contribution is 0.0757. The smallest absolute Gasteiger partial charge is 0.254 e. The zero-order chi connectivity index (χ0) is 14.4. The normalized spacial score (nSPS) is 16.7. The maximum atomic E-state index is 12.5. The van der Waals surface area contributed by atoms with Gasteiger partial charge in [-0.1, -0.05) is 25.1 Å². The molecule has 3 heteroatoms. The lowest BCUT2D eigenvalue weighted by atomic mass is 10.0. The lowest BCUT2D eigenvalue weighted by Crippen LogP contribution is -2.33. The van der Waals surface area contributed by atoms with Gasteiger partial charge < -0.3 is 10.2 Å². The van der Waals surface area contributed by atoms with E-state index < -0.39 is 0 Å². The van der Waals surface area contributed by atoms with E-state index in [0.717, 1.165) is 50.9 Å². The van der Waals surface area contributed by atoms with Crippen molar-refractivity contribution in [2.45, 2.75) is 45.6 Å². The van der Waals surface area contributed by atoms with E-state index in [0.29, 0.717) is 6.04 Å². The summed E-state index contributed by atoms with van der Waals surface area (Å²) in [7, 11) is 0. The highest BCUT2D eigenvalue weighted by molar-refractivity contribution is 5.96. The maximum absolute atomic E-state index is 12.5. The molecule has 1 heterocycles. The van der Waals surface area contributed by atoms with E-state index in [-0.39, 0.29) is 5.91 Å². The van der Waals surface area contributed by atoms with Crippen LogP contribution in [0.3, 0.4) is 0 Å². The Hall–Kier alpha value is -1.35. The summed E-state index contributed by atoms with van der Waals surface area (Å²) in [6.45, 7) is 7.12. The second-order valence-corrected chi connectivity index (χ2v) is 5.65. The molecule has 2 rings (SSSR count). The number of hydrogen-bond donors (Lipinski definition) is 1. The van der Waals surface area contributed by atoms with E-state index in [9.17, 15) is 4.79 Å². The molecule has 1 N–H and O–H groups in total. The van der Waals surface area contributed by atoms with E-state index in [4.69, 9.17) is 0 Å². The first-order valence-electron chi connectivity index (χ1n) is 7.83. The van der Waals surface area contributed by atoms with Gasteiger partial charge in [0.05, 0.1) is 0 Å². The van der Waals surface area contributed by atoms with Crippen molar-refractivity contribution in [3.8, 4) is 0 Å². The minimum absolute atomic E-state index is 0.217. The van der Waals surface area contributed by atoms with Crippen molar-refractivity contribution in [1.29, 1.82) is 0 Å². The summed E-state index contributed by atoms with van der Waals surface area (Å²) >= 11 is 0. The third kappa shape index (κ3) is 3.83. The van der Waals surface area contributed by atoms with E-state index in [1.54, 1.807) is 0 Å². The average molecular weight is 274 g/mol. The van der Waals surface area contributed by atoms with Gasteiger partial charge in [0.25, 0.3) is 5.91 Å². The van der Waals surface area contributed by atoms with Crippen molar-refractivity contribution in [3.05, 3.63) is 35.4 Å². The Morgan fingerprint density at radius 3 is 2.95 bits per heavy atom. The van der Waals surface area contributed by atoms with Crippen LogP contribution in [0.15, 0.2) is 24.3 Å². The van der Waals surface area contributed by atoms with Crippen molar-refractivity contribution >= 4 is 5.91 Å². The molecule has 1 aliphatic rings. The highest BCUT2D eigenvalue weighted by Gasteiger charge is 2.21. The fourth-order valence-electron chi connectivity index (χ4n) is 2.93. The zero-order valence-corrected chi connectivity index (χ0v) is 12.7. The molecule has 0 aliphatic carbocycles. The lowest BCUT2D eigenvalue weighted by Gasteiger charge is -2.22. The molecule has 0 spiro atoms. The number of rotatable bonds is 6. The molecule has 0 bridgehead atoms. The molecule has 0 radical (unpaired) electrons. The summed E-state index contributed by atoms with van der Waals surface area (Å²) in [6.07, 6.45) is 4.29. The molecule has 0 aromatic heterocycles. The second kappa shape index (κ2) is 7.44. The first-order valence-corrected chi connectivity index (χ1v) is 7.83. The number of carbonyl (C=O) groups excluding carboxylic acids is 1. The highest BCUT2D eigenvalue weighted by atomic mass is 16.2. The number of aryl methyl sites for hydroxylation is 1. The Morgan fingerprint density at radius 1 is 1.35 bits per heavy atom. The SMILES string of the molecule is CCNC(C)CCCN1CCCc2ccccc2C1=O. The number of nitrogens with zero attached hydrogens (tertiary/aromatic N) is 1. The van der Waals surface area contributed by atoms with Crippen LogP contribution in [0.25, 0.3) is 0 Å². The van der Waals surface area contributed by atoms with Crippen molar-refractivity contribution in [3.63, 3.8) is 0 Å². The fourth-order valence-corrected chi connectivity index (χ4v) is 2.93. The van der Waals surface area contributed by atoms with Crippen LogP contribution in [0.2, 0.25) is 0 Å². The summed E-state index contributed by atoms with van der Waals surface area (Å²) in [5.74, 6) is 0.217. The molecule has 1 amide bonds. The highest BCUT2D eigenvalue weighted by Crippen LogP contribution is 2.18. The van der Waals surface area contributed by atoms with Crippen molar-refractivity contribution in [1.82, 2.24) is 10.2 Å². The summed E-state index contributed by atoms with van der Waals surface area (Å²) in [4.78, 5) is 14.6. The van der Waals surface area contributed by atoms with E-state index >= 15 is 0 Å². The molecule has 1 unspecified atom stereocenters. The van der Waals surface area contributed by atoms with Gasteiger partial charge in [-0.3, -0.25) is 4.79 Å². The van der Waals surface area contributed by atoms with Gasteiger partial charge in [-0.2, -0.15) is 0 Å². The van der Waals surface area contributed by atoms with Crippen LogP contribution < -0.4 is 5.32 Å². The molecule has 3 nitrogen and oxygen atoms in total. The molecular weight excluding hydrogens is 248 g/mol. The fraction of sp³-hybridized carbons (Fsp3) is 0.588. The van der Waals surface area contributed by atoms with Gasteiger partial charge in [-0.25, -0.2) is 0 Å². The molecule has 0 fully saturated rings. The van der Waals surface area contributed by atoms with Crippen LogP contribution in [0.5, 0.6) is 0 Å². The van der Waals surface area contributed by atoms with Crippen LogP contribution in [0, 0.1) is 0 Å². The van der Waals surface area contributed by atoms with Gasteiger partial charge in [-0.15, -0.1) is 0 Å². The van der Waals surface area contributed by atoms with Gasteiger partial charge >= 0.3 is 0 Å². The largest absolute Gasteiger partial charge is 0.339 e. The van der Waals surface area contributed by atoms with Crippen LogP contribution in [0.1, 0.15) is 49.0 Å². The van der Waals surface area contributed by atoms with Gasteiger partial charge in [-0.05, 0) is 50.8 Å². The van der Waals surface area contributed by atoms with E-state index in [1.165, 1.54) is 5.56 Å². The maximum Gasteiger partial charge on any atom is 0.254 e. The van der Waals surface area contributed by atoms with Gasteiger partial charge in [0.15, 0.2) is 0 Å². The predicted octanol–water partition coefficient (Wildman–Crippen LogP) is 2.85. The van der Waals surface area contributed by atoms with Gasteiger partial charge in [0.2, 0.25) is 0 Å². The molecular formula is C17H26N2O. The number of hydrogen-bond acceptors (Lipinski definition) is 2. The minimum atomic E-state index is 0.217. The van der Waals surface area contributed by atoms with E-state index in [2.05, 4.69) is 25.2 Å². The summed E-state index contributed by atoms with van der Waals surface area (Å²) in [5, 5.41) is 3.42. The van der Waals surface area contributed by atoms with E-state index in [1.807, 2.05) is 23.1 Å². The molecule has 1 aromatic carbocycles. The van der Waals surface area contributed by atoms with Crippen LogP contribution >= 0.6 is 0 Å². The Morgan fingerprint density at radius 2 is 2.15 bits per heavy atom.